The highest BCUT2D eigenvalue weighted by atomic mass is 15.1. The van der Waals surface area contributed by atoms with E-state index in [-0.39, 0.29) is 0 Å². The van der Waals surface area contributed by atoms with Crippen molar-refractivity contribution < 1.29 is 0 Å². The minimum atomic E-state index is 1.09. The van der Waals surface area contributed by atoms with Gasteiger partial charge in [-0.3, -0.25) is 0 Å². The molecule has 2 nitrogen and oxygen atoms in total. The van der Waals surface area contributed by atoms with Gasteiger partial charge in [0.1, 0.15) is 0 Å². The molecule has 262 valence electrons. The molecule has 11 rings (SSSR count). The zero-order valence-corrected chi connectivity index (χ0v) is 30.7. The fourth-order valence-electron chi connectivity index (χ4n) is 8.85. The van der Waals surface area contributed by atoms with Crippen molar-refractivity contribution in [3.8, 4) is 27.9 Å². The number of rotatable bonds is 6. The smallest absolute Gasteiger partial charge is 0.0546 e. The predicted molar refractivity (Wildman–Crippen MR) is 239 cm³/mol. The third-order valence-corrected chi connectivity index (χ3v) is 11.3. The van der Waals surface area contributed by atoms with Gasteiger partial charge in [-0.05, 0) is 104 Å². The Balaban J connectivity index is 1.13. The summed E-state index contributed by atoms with van der Waals surface area (Å²) in [6, 6.07) is 79.5. The van der Waals surface area contributed by atoms with E-state index < -0.39 is 0 Å². The molecule has 56 heavy (non-hydrogen) atoms. The van der Waals surface area contributed by atoms with Gasteiger partial charge in [-0.2, -0.15) is 0 Å². The second-order valence-electron chi connectivity index (χ2n) is 14.5. The highest BCUT2D eigenvalue weighted by molar-refractivity contribution is 6.15. The Labute approximate surface area is 325 Å². The molecule has 0 fully saturated rings. The van der Waals surface area contributed by atoms with Gasteiger partial charge in [0, 0.05) is 33.2 Å². The van der Waals surface area contributed by atoms with E-state index in [2.05, 4.69) is 228 Å². The van der Waals surface area contributed by atoms with Gasteiger partial charge < -0.3 is 9.47 Å². The molecular weight excluding hydrogens is 677 g/mol. The minimum absolute atomic E-state index is 1.09. The minimum Gasteiger partial charge on any atom is -0.310 e. The van der Waals surface area contributed by atoms with Crippen molar-refractivity contribution in [3.05, 3.63) is 218 Å². The number of aromatic nitrogens is 1. The van der Waals surface area contributed by atoms with Gasteiger partial charge in [0.2, 0.25) is 0 Å². The van der Waals surface area contributed by atoms with E-state index in [0.29, 0.717) is 0 Å². The number of hydrogen-bond acceptors (Lipinski definition) is 1. The third-order valence-electron chi connectivity index (χ3n) is 11.3. The standard InChI is InChI=1S/C54H36N2/c1-2-15-37(16-3-1)45-27-13-18-38-19-14-28-46(54(38)45)39-20-12-21-43(35-39)55(53-36-40-17-4-5-22-44(40)47-23-6-7-24-48(47)53)41-31-33-42(34-32-41)56-51-29-10-8-25-49(51)50-26-9-11-30-52(50)56/h1-36H. The Morgan fingerprint density at radius 2 is 0.857 bits per heavy atom. The highest BCUT2D eigenvalue weighted by Crippen LogP contribution is 2.44. The molecule has 0 saturated carbocycles. The topological polar surface area (TPSA) is 8.17 Å². The van der Waals surface area contributed by atoms with Crippen LogP contribution in [0.4, 0.5) is 17.1 Å². The summed E-state index contributed by atoms with van der Waals surface area (Å²) in [6.45, 7) is 0. The quantitative estimate of drug-likeness (QED) is 0.156. The van der Waals surface area contributed by atoms with E-state index in [4.69, 9.17) is 0 Å². The van der Waals surface area contributed by atoms with E-state index in [9.17, 15) is 0 Å². The molecule has 0 N–H and O–H groups in total. The second kappa shape index (κ2) is 13.2. The van der Waals surface area contributed by atoms with Gasteiger partial charge in [-0.1, -0.05) is 164 Å². The van der Waals surface area contributed by atoms with Crippen LogP contribution in [0.2, 0.25) is 0 Å². The Morgan fingerprint density at radius 3 is 1.57 bits per heavy atom. The maximum absolute atomic E-state index is 2.44. The summed E-state index contributed by atoms with van der Waals surface area (Å²) in [5.41, 5.74) is 11.7. The lowest BCUT2D eigenvalue weighted by Gasteiger charge is -2.28. The van der Waals surface area contributed by atoms with Crippen molar-refractivity contribution in [1.29, 1.82) is 0 Å². The van der Waals surface area contributed by atoms with E-state index in [1.54, 1.807) is 0 Å². The first-order chi connectivity index (χ1) is 27.8. The number of benzene rings is 10. The SMILES string of the molecule is c1ccc(-c2cccc3cccc(-c4cccc(N(c5ccc(-n6c7ccccc7c7ccccc76)cc5)c5cc6ccccc6c6ccccc56)c4)c23)cc1. The predicted octanol–water partition coefficient (Wildman–Crippen LogP) is 15.0. The van der Waals surface area contributed by atoms with Crippen LogP contribution in [0.3, 0.4) is 0 Å². The van der Waals surface area contributed by atoms with Crippen molar-refractivity contribution in [2.24, 2.45) is 0 Å². The summed E-state index contributed by atoms with van der Waals surface area (Å²) in [6.07, 6.45) is 0. The van der Waals surface area contributed by atoms with Gasteiger partial charge in [-0.15, -0.1) is 0 Å². The summed E-state index contributed by atoms with van der Waals surface area (Å²) < 4.78 is 2.38. The molecule has 0 spiro atoms. The number of fused-ring (bicyclic) bond motifs is 7. The van der Waals surface area contributed by atoms with Crippen LogP contribution in [-0.2, 0) is 0 Å². The largest absolute Gasteiger partial charge is 0.310 e. The van der Waals surface area contributed by atoms with Crippen molar-refractivity contribution in [2.45, 2.75) is 0 Å². The first-order valence-electron chi connectivity index (χ1n) is 19.3. The molecule has 0 atom stereocenters. The molecule has 1 aromatic heterocycles. The zero-order valence-electron chi connectivity index (χ0n) is 30.7. The van der Waals surface area contributed by atoms with Gasteiger partial charge in [-0.25, -0.2) is 0 Å². The Morgan fingerprint density at radius 1 is 0.321 bits per heavy atom. The highest BCUT2D eigenvalue weighted by Gasteiger charge is 2.20. The van der Waals surface area contributed by atoms with Gasteiger partial charge in [0.15, 0.2) is 0 Å². The fourth-order valence-corrected chi connectivity index (χ4v) is 8.85. The second-order valence-corrected chi connectivity index (χ2v) is 14.5. The van der Waals surface area contributed by atoms with Crippen LogP contribution < -0.4 is 4.90 Å². The molecule has 0 saturated heterocycles. The average Bonchev–Trinajstić information content (AvgIpc) is 3.61. The molecule has 0 aliphatic heterocycles. The first-order valence-corrected chi connectivity index (χ1v) is 19.3. The van der Waals surface area contributed by atoms with Crippen LogP contribution in [-0.4, -0.2) is 4.57 Å². The van der Waals surface area contributed by atoms with Crippen molar-refractivity contribution in [2.75, 3.05) is 4.90 Å². The lowest BCUT2D eigenvalue weighted by molar-refractivity contribution is 1.17. The zero-order chi connectivity index (χ0) is 37.0. The molecule has 1 heterocycles. The van der Waals surface area contributed by atoms with Crippen LogP contribution in [0.15, 0.2) is 218 Å². The summed E-state index contributed by atoms with van der Waals surface area (Å²) in [5, 5.41) is 9.93. The van der Waals surface area contributed by atoms with E-state index in [1.807, 2.05) is 0 Å². The molecule has 0 aliphatic carbocycles. The van der Waals surface area contributed by atoms with Crippen LogP contribution in [0.1, 0.15) is 0 Å². The summed E-state index contributed by atoms with van der Waals surface area (Å²) >= 11 is 0. The lowest BCUT2D eigenvalue weighted by Crippen LogP contribution is -2.11. The van der Waals surface area contributed by atoms with Crippen molar-refractivity contribution in [3.63, 3.8) is 0 Å². The number of hydrogen-bond donors (Lipinski definition) is 0. The van der Waals surface area contributed by atoms with E-state index >= 15 is 0 Å². The Bertz CT molecular complexity index is 3190. The first kappa shape index (κ1) is 32.0. The molecule has 0 aliphatic rings. The Hall–Kier alpha value is -7.42. The molecule has 0 amide bonds. The summed E-state index contributed by atoms with van der Waals surface area (Å²) in [5.74, 6) is 0. The molecule has 0 radical (unpaired) electrons. The van der Waals surface area contributed by atoms with Crippen molar-refractivity contribution >= 4 is 71.2 Å². The number of anilines is 3. The van der Waals surface area contributed by atoms with E-state index in [0.717, 1.165) is 22.7 Å². The maximum Gasteiger partial charge on any atom is 0.0546 e. The number of nitrogens with zero attached hydrogens (tertiary/aromatic N) is 2. The molecule has 2 heteroatoms. The van der Waals surface area contributed by atoms with Gasteiger partial charge in [0.25, 0.3) is 0 Å². The van der Waals surface area contributed by atoms with Crippen molar-refractivity contribution in [1.82, 2.24) is 4.57 Å². The molecule has 11 aromatic rings. The fraction of sp³-hybridized carbons (Fsp3) is 0. The van der Waals surface area contributed by atoms with Crippen LogP contribution in [0.5, 0.6) is 0 Å². The van der Waals surface area contributed by atoms with E-state index in [1.165, 1.54) is 76.4 Å². The molecule has 0 unspecified atom stereocenters. The maximum atomic E-state index is 2.44. The normalized spacial score (nSPS) is 11.6. The monoisotopic (exact) mass is 712 g/mol. The van der Waals surface area contributed by atoms with Crippen LogP contribution in [0.25, 0.3) is 82.1 Å². The molecular formula is C54H36N2. The van der Waals surface area contributed by atoms with Crippen LogP contribution in [0, 0.1) is 0 Å². The van der Waals surface area contributed by atoms with Gasteiger partial charge >= 0.3 is 0 Å². The number of para-hydroxylation sites is 2. The summed E-state index contributed by atoms with van der Waals surface area (Å²) in [4.78, 5) is 2.44. The molecule has 0 bridgehead atoms. The van der Waals surface area contributed by atoms with Gasteiger partial charge in [0.05, 0.1) is 16.7 Å². The summed E-state index contributed by atoms with van der Waals surface area (Å²) in [7, 11) is 0. The lowest BCUT2D eigenvalue weighted by atomic mass is 9.91. The average molecular weight is 713 g/mol. The van der Waals surface area contributed by atoms with Crippen LogP contribution >= 0.6 is 0 Å². The molecule has 10 aromatic carbocycles. The third kappa shape index (κ3) is 5.19. The Kier molecular flexibility index (Phi) is 7.53.